The fraction of sp³-hybridized carbons (Fsp3) is 0.286. The van der Waals surface area contributed by atoms with Gasteiger partial charge in [0.2, 0.25) is 0 Å². The van der Waals surface area contributed by atoms with E-state index >= 15 is 0 Å². The zero-order chi connectivity index (χ0) is 12.4. The van der Waals surface area contributed by atoms with Crippen molar-refractivity contribution in [2.45, 2.75) is 26.4 Å². The fourth-order valence-corrected chi connectivity index (χ4v) is 3.35. The number of halogens is 1. The lowest BCUT2D eigenvalue weighted by Gasteiger charge is -2.10. The number of aliphatic hydroxyl groups is 1. The van der Waals surface area contributed by atoms with Crippen molar-refractivity contribution in [2.24, 2.45) is 0 Å². The first-order valence-corrected chi connectivity index (χ1v) is 7.17. The van der Waals surface area contributed by atoms with Crippen molar-refractivity contribution in [1.29, 1.82) is 0 Å². The van der Waals surface area contributed by atoms with Crippen molar-refractivity contribution in [2.75, 3.05) is 0 Å². The molecule has 2 aromatic rings. The number of rotatable bonds is 3. The van der Waals surface area contributed by atoms with Crippen LogP contribution in [0.3, 0.4) is 0 Å². The molecule has 0 radical (unpaired) electrons. The van der Waals surface area contributed by atoms with Crippen molar-refractivity contribution >= 4 is 27.3 Å². The van der Waals surface area contributed by atoms with Crippen molar-refractivity contribution in [3.05, 3.63) is 55.7 Å². The first-order valence-electron chi connectivity index (χ1n) is 5.56. The van der Waals surface area contributed by atoms with Crippen LogP contribution in [0.25, 0.3) is 0 Å². The summed E-state index contributed by atoms with van der Waals surface area (Å²) in [7, 11) is 0. The lowest BCUT2D eigenvalue weighted by atomic mass is 10.0. The molecule has 0 aliphatic heterocycles. The van der Waals surface area contributed by atoms with E-state index in [1.165, 1.54) is 16.7 Å². The Labute approximate surface area is 114 Å². The van der Waals surface area contributed by atoms with E-state index < -0.39 is 6.10 Å². The van der Waals surface area contributed by atoms with E-state index in [0.717, 1.165) is 8.66 Å². The number of benzene rings is 1. The van der Waals surface area contributed by atoms with Gasteiger partial charge in [-0.05, 0) is 52.5 Å². The zero-order valence-electron chi connectivity index (χ0n) is 9.90. The van der Waals surface area contributed by atoms with Gasteiger partial charge in [0.05, 0.1) is 9.89 Å². The Morgan fingerprint density at radius 1 is 1.24 bits per heavy atom. The van der Waals surface area contributed by atoms with Crippen LogP contribution in [0.1, 0.15) is 27.7 Å². The van der Waals surface area contributed by atoms with Crippen LogP contribution in [-0.2, 0) is 6.42 Å². The Morgan fingerprint density at radius 3 is 2.53 bits per heavy atom. The molecule has 0 amide bonds. The Hall–Kier alpha value is -0.640. The van der Waals surface area contributed by atoms with Gasteiger partial charge in [-0.25, -0.2) is 0 Å². The molecular weight excluding hydrogens is 296 g/mol. The summed E-state index contributed by atoms with van der Waals surface area (Å²) in [6.07, 6.45) is 0.269. The molecule has 0 saturated carbocycles. The molecule has 0 aliphatic carbocycles. The average Bonchev–Trinajstić information content (AvgIpc) is 2.63. The molecule has 0 bridgehead atoms. The number of hydrogen-bond acceptors (Lipinski definition) is 2. The van der Waals surface area contributed by atoms with Crippen LogP contribution in [-0.4, -0.2) is 5.11 Å². The van der Waals surface area contributed by atoms with E-state index in [9.17, 15) is 5.11 Å². The van der Waals surface area contributed by atoms with Gasteiger partial charge >= 0.3 is 0 Å². The fourth-order valence-electron chi connectivity index (χ4n) is 1.80. The number of aryl methyl sites for hydroxylation is 2. The van der Waals surface area contributed by atoms with Crippen LogP contribution in [0, 0.1) is 13.8 Å². The standard InChI is InChI=1S/C14H15BrOS/c1-9-5-3-4-6-11(9)8-12(16)13-7-10(2)14(15)17-13/h3-7,12,16H,8H2,1-2H3. The second-order valence-electron chi connectivity index (χ2n) is 4.25. The third kappa shape index (κ3) is 2.97. The summed E-state index contributed by atoms with van der Waals surface area (Å²) in [5.41, 5.74) is 3.63. The predicted octanol–water partition coefficient (Wildman–Crippen LogP) is 4.40. The minimum Gasteiger partial charge on any atom is -0.387 e. The summed E-state index contributed by atoms with van der Waals surface area (Å²) < 4.78 is 1.11. The maximum Gasteiger partial charge on any atom is 0.0922 e. The topological polar surface area (TPSA) is 20.2 Å². The summed E-state index contributed by atoms with van der Waals surface area (Å²) in [5.74, 6) is 0. The van der Waals surface area contributed by atoms with E-state index in [0.29, 0.717) is 6.42 Å². The Morgan fingerprint density at radius 2 is 1.94 bits per heavy atom. The van der Waals surface area contributed by atoms with Gasteiger partial charge in [0, 0.05) is 11.3 Å². The van der Waals surface area contributed by atoms with E-state index in [1.54, 1.807) is 11.3 Å². The van der Waals surface area contributed by atoms with Gasteiger partial charge in [0.1, 0.15) is 0 Å². The second kappa shape index (κ2) is 5.34. The predicted molar refractivity (Wildman–Crippen MR) is 76.6 cm³/mol. The van der Waals surface area contributed by atoms with Crippen LogP contribution in [0.5, 0.6) is 0 Å². The van der Waals surface area contributed by atoms with Gasteiger partial charge in [-0.3, -0.25) is 0 Å². The highest BCUT2D eigenvalue weighted by Crippen LogP contribution is 2.33. The highest BCUT2D eigenvalue weighted by Gasteiger charge is 2.13. The smallest absolute Gasteiger partial charge is 0.0922 e. The number of aliphatic hydroxyl groups excluding tert-OH is 1. The molecule has 17 heavy (non-hydrogen) atoms. The summed E-state index contributed by atoms with van der Waals surface area (Å²) in [4.78, 5) is 1.03. The summed E-state index contributed by atoms with van der Waals surface area (Å²) in [6.45, 7) is 4.13. The van der Waals surface area contributed by atoms with Gasteiger partial charge < -0.3 is 5.11 Å². The van der Waals surface area contributed by atoms with Crippen molar-refractivity contribution in [1.82, 2.24) is 0 Å². The molecule has 0 saturated heterocycles. The van der Waals surface area contributed by atoms with Crippen LogP contribution < -0.4 is 0 Å². The molecule has 1 heterocycles. The molecule has 3 heteroatoms. The number of thiophene rings is 1. The second-order valence-corrected chi connectivity index (χ2v) is 6.65. The molecule has 1 aromatic carbocycles. The summed E-state index contributed by atoms with van der Waals surface area (Å²) in [6, 6.07) is 10.3. The lowest BCUT2D eigenvalue weighted by Crippen LogP contribution is -2.01. The minimum atomic E-state index is -0.411. The van der Waals surface area contributed by atoms with E-state index in [4.69, 9.17) is 0 Å². The normalized spacial score (nSPS) is 12.7. The molecule has 1 aromatic heterocycles. The van der Waals surface area contributed by atoms with Crippen LogP contribution in [0.15, 0.2) is 34.1 Å². The Bertz CT molecular complexity index is 499. The van der Waals surface area contributed by atoms with Crippen molar-refractivity contribution < 1.29 is 5.11 Å². The highest BCUT2D eigenvalue weighted by molar-refractivity contribution is 9.11. The first kappa shape index (κ1) is 12.8. The van der Waals surface area contributed by atoms with Crippen LogP contribution >= 0.6 is 27.3 Å². The molecule has 90 valence electrons. The number of hydrogen-bond donors (Lipinski definition) is 1. The monoisotopic (exact) mass is 310 g/mol. The average molecular weight is 311 g/mol. The molecule has 0 fully saturated rings. The minimum absolute atomic E-state index is 0.411. The van der Waals surface area contributed by atoms with Gasteiger partial charge in [-0.15, -0.1) is 11.3 Å². The molecule has 2 rings (SSSR count). The first-order chi connectivity index (χ1) is 8.08. The van der Waals surface area contributed by atoms with Gasteiger partial charge in [-0.2, -0.15) is 0 Å². The van der Waals surface area contributed by atoms with Gasteiger partial charge in [-0.1, -0.05) is 24.3 Å². The molecular formula is C14H15BrOS. The molecule has 1 unspecified atom stereocenters. The molecule has 1 atom stereocenters. The SMILES string of the molecule is Cc1ccccc1CC(O)c1cc(C)c(Br)s1. The van der Waals surface area contributed by atoms with Crippen molar-refractivity contribution in [3.63, 3.8) is 0 Å². The third-order valence-corrected chi connectivity index (χ3v) is 5.12. The lowest BCUT2D eigenvalue weighted by molar-refractivity contribution is 0.182. The van der Waals surface area contributed by atoms with Crippen molar-refractivity contribution in [3.8, 4) is 0 Å². The zero-order valence-corrected chi connectivity index (χ0v) is 12.3. The molecule has 1 N–H and O–H groups in total. The molecule has 0 aliphatic rings. The van der Waals surface area contributed by atoms with Crippen LogP contribution in [0.2, 0.25) is 0 Å². The van der Waals surface area contributed by atoms with Gasteiger partial charge in [0.15, 0.2) is 0 Å². The molecule has 1 nitrogen and oxygen atoms in total. The largest absolute Gasteiger partial charge is 0.387 e. The maximum atomic E-state index is 10.2. The Balaban J connectivity index is 2.17. The Kier molecular flexibility index (Phi) is 4.02. The van der Waals surface area contributed by atoms with E-state index in [1.807, 2.05) is 19.1 Å². The van der Waals surface area contributed by atoms with E-state index in [2.05, 4.69) is 41.1 Å². The highest BCUT2D eigenvalue weighted by atomic mass is 79.9. The van der Waals surface area contributed by atoms with Gasteiger partial charge in [0.25, 0.3) is 0 Å². The third-order valence-electron chi connectivity index (χ3n) is 2.88. The van der Waals surface area contributed by atoms with E-state index in [-0.39, 0.29) is 0 Å². The summed E-state index contributed by atoms with van der Waals surface area (Å²) >= 11 is 5.11. The van der Waals surface area contributed by atoms with Crippen LogP contribution in [0.4, 0.5) is 0 Å². The maximum absolute atomic E-state index is 10.2. The summed E-state index contributed by atoms with van der Waals surface area (Å²) in [5, 5.41) is 10.2. The molecule has 0 spiro atoms. The quantitative estimate of drug-likeness (QED) is 0.890.